The van der Waals surface area contributed by atoms with Crippen molar-refractivity contribution in [2.75, 3.05) is 33.5 Å². The van der Waals surface area contributed by atoms with Crippen LogP contribution in [0, 0.1) is 0 Å². The Morgan fingerprint density at radius 3 is 2.44 bits per heavy atom. The largest absolute Gasteiger partial charge is 0.493 e. The molecule has 2 N–H and O–H groups in total. The maximum Gasteiger partial charge on any atom is 0.161 e. The zero-order valence-corrected chi connectivity index (χ0v) is 11.1. The number of unbranched alkanes of at least 4 members (excludes halogenated alkanes) is 2. The first-order valence-electron chi connectivity index (χ1n) is 6.42. The maximum atomic E-state index is 5.59. The molecule has 0 saturated heterocycles. The van der Waals surface area contributed by atoms with Gasteiger partial charge in [-0.15, -0.1) is 0 Å². The lowest BCUT2D eigenvalue weighted by Gasteiger charge is -2.10. The van der Waals surface area contributed by atoms with Gasteiger partial charge in [0.05, 0.1) is 13.7 Å². The van der Waals surface area contributed by atoms with E-state index in [1.54, 1.807) is 7.11 Å². The van der Waals surface area contributed by atoms with Crippen LogP contribution in [-0.4, -0.2) is 33.5 Å². The molecule has 0 aliphatic rings. The molecule has 1 rings (SSSR count). The van der Waals surface area contributed by atoms with Crippen molar-refractivity contribution in [2.24, 2.45) is 5.73 Å². The lowest BCUT2D eigenvalue weighted by Crippen LogP contribution is -2.08. The van der Waals surface area contributed by atoms with Crippen molar-refractivity contribution in [3.63, 3.8) is 0 Å². The minimum Gasteiger partial charge on any atom is -0.493 e. The molecule has 18 heavy (non-hydrogen) atoms. The van der Waals surface area contributed by atoms with E-state index in [-0.39, 0.29) is 0 Å². The zero-order valence-electron chi connectivity index (χ0n) is 11.1. The standard InChI is InChI=1S/C14H23NO3/c1-16-13-7-3-4-8-14(13)18-12-11-17-10-6-2-5-9-15/h3-4,7-8H,2,5-6,9-12,15H2,1H3. The van der Waals surface area contributed by atoms with Crippen LogP contribution >= 0.6 is 0 Å². The molecule has 0 spiro atoms. The molecule has 0 aliphatic heterocycles. The topological polar surface area (TPSA) is 53.7 Å². The lowest BCUT2D eigenvalue weighted by atomic mass is 10.2. The Morgan fingerprint density at radius 1 is 0.944 bits per heavy atom. The van der Waals surface area contributed by atoms with Crippen LogP contribution in [0.15, 0.2) is 24.3 Å². The SMILES string of the molecule is COc1ccccc1OCCOCCCCCN. The Balaban J connectivity index is 2.07. The highest BCUT2D eigenvalue weighted by Crippen LogP contribution is 2.25. The summed E-state index contributed by atoms with van der Waals surface area (Å²) in [5.41, 5.74) is 5.41. The van der Waals surface area contributed by atoms with Crippen molar-refractivity contribution in [1.29, 1.82) is 0 Å². The number of rotatable bonds is 10. The summed E-state index contributed by atoms with van der Waals surface area (Å²) in [5, 5.41) is 0. The van der Waals surface area contributed by atoms with Gasteiger partial charge < -0.3 is 19.9 Å². The van der Waals surface area contributed by atoms with E-state index in [0.29, 0.717) is 13.2 Å². The first-order chi connectivity index (χ1) is 8.88. The smallest absolute Gasteiger partial charge is 0.161 e. The lowest BCUT2D eigenvalue weighted by molar-refractivity contribution is 0.0962. The van der Waals surface area contributed by atoms with E-state index in [0.717, 1.165) is 43.9 Å². The van der Waals surface area contributed by atoms with Gasteiger partial charge in [-0.2, -0.15) is 0 Å². The minimum absolute atomic E-state index is 0.539. The van der Waals surface area contributed by atoms with Gasteiger partial charge in [0.2, 0.25) is 0 Å². The van der Waals surface area contributed by atoms with Crippen LogP contribution in [0.25, 0.3) is 0 Å². The van der Waals surface area contributed by atoms with E-state index < -0.39 is 0 Å². The molecule has 1 aromatic rings. The van der Waals surface area contributed by atoms with Crippen LogP contribution < -0.4 is 15.2 Å². The third-order valence-corrected chi connectivity index (χ3v) is 2.55. The Morgan fingerprint density at radius 2 is 1.72 bits per heavy atom. The molecular formula is C14H23NO3. The van der Waals surface area contributed by atoms with Gasteiger partial charge in [-0.05, 0) is 37.9 Å². The molecular weight excluding hydrogens is 230 g/mol. The molecule has 0 radical (unpaired) electrons. The molecule has 1 aromatic carbocycles. The summed E-state index contributed by atoms with van der Waals surface area (Å²) in [6.07, 6.45) is 3.26. The average molecular weight is 253 g/mol. The normalized spacial score (nSPS) is 10.3. The first kappa shape index (κ1) is 14.8. The monoisotopic (exact) mass is 253 g/mol. The summed E-state index contributed by atoms with van der Waals surface area (Å²) in [6, 6.07) is 7.61. The molecule has 0 bridgehead atoms. The molecule has 0 aromatic heterocycles. The fourth-order valence-electron chi connectivity index (χ4n) is 1.58. The van der Waals surface area contributed by atoms with Crippen molar-refractivity contribution in [3.8, 4) is 11.5 Å². The Labute approximate surface area is 109 Å². The molecule has 0 heterocycles. The summed E-state index contributed by atoms with van der Waals surface area (Å²) >= 11 is 0. The Bertz CT molecular complexity index is 318. The number of nitrogens with two attached hydrogens (primary N) is 1. The van der Waals surface area contributed by atoms with Crippen LogP contribution in [0.3, 0.4) is 0 Å². The second-order valence-corrected chi connectivity index (χ2v) is 3.96. The number of ether oxygens (including phenoxy) is 3. The number of methoxy groups -OCH3 is 1. The highest BCUT2D eigenvalue weighted by Gasteiger charge is 2.01. The van der Waals surface area contributed by atoms with Gasteiger partial charge in [-0.3, -0.25) is 0 Å². The van der Waals surface area contributed by atoms with E-state index in [4.69, 9.17) is 19.9 Å². The second kappa shape index (κ2) is 9.74. The summed E-state index contributed by atoms with van der Waals surface area (Å²) < 4.78 is 16.2. The number of hydrogen-bond donors (Lipinski definition) is 1. The van der Waals surface area contributed by atoms with Crippen molar-refractivity contribution in [3.05, 3.63) is 24.3 Å². The van der Waals surface area contributed by atoms with Crippen LogP contribution in [0.5, 0.6) is 11.5 Å². The van der Waals surface area contributed by atoms with Gasteiger partial charge in [0.1, 0.15) is 6.61 Å². The third-order valence-electron chi connectivity index (χ3n) is 2.55. The van der Waals surface area contributed by atoms with Gasteiger partial charge in [-0.25, -0.2) is 0 Å². The van der Waals surface area contributed by atoms with Crippen LogP contribution in [0.2, 0.25) is 0 Å². The summed E-state index contributed by atoms with van der Waals surface area (Å²) in [6.45, 7) is 2.67. The summed E-state index contributed by atoms with van der Waals surface area (Å²) in [7, 11) is 1.64. The molecule has 4 heteroatoms. The van der Waals surface area contributed by atoms with E-state index in [2.05, 4.69) is 0 Å². The average Bonchev–Trinajstić information content (AvgIpc) is 2.42. The van der Waals surface area contributed by atoms with Gasteiger partial charge >= 0.3 is 0 Å². The van der Waals surface area contributed by atoms with Gasteiger partial charge in [0, 0.05) is 6.61 Å². The molecule has 0 amide bonds. The van der Waals surface area contributed by atoms with Crippen molar-refractivity contribution >= 4 is 0 Å². The molecule has 4 nitrogen and oxygen atoms in total. The summed E-state index contributed by atoms with van der Waals surface area (Å²) in [4.78, 5) is 0. The van der Waals surface area contributed by atoms with Crippen LogP contribution in [0.4, 0.5) is 0 Å². The predicted molar refractivity (Wildman–Crippen MR) is 72.2 cm³/mol. The number of hydrogen-bond acceptors (Lipinski definition) is 4. The van der Waals surface area contributed by atoms with E-state index in [1.165, 1.54) is 0 Å². The molecule has 0 unspecified atom stereocenters. The van der Waals surface area contributed by atoms with Gasteiger partial charge in [0.25, 0.3) is 0 Å². The highest BCUT2D eigenvalue weighted by atomic mass is 16.5. The van der Waals surface area contributed by atoms with E-state index in [1.807, 2.05) is 24.3 Å². The fourth-order valence-corrected chi connectivity index (χ4v) is 1.58. The molecule has 0 atom stereocenters. The van der Waals surface area contributed by atoms with E-state index >= 15 is 0 Å². The molecule has 0 fully saturated rings. The van der Waals surface area contributed by atoms with Crippen LogP contribution in [0.1, 0.15) is 19.3 Å². The van der Waals surface area contributed by atoms with Crippen LogP contribution in [-0.2, 0) is 4.74 Å². The fraction of sp³-hybridized carbons (Fsp3) is 0.571. The van der Waals surface area contributed by atoms with Crippen molar-refractivity contribution < 1.29 is 14.2 Å². The van der Waals surface area contributed by atoms with Gasteiger partial charge in [0.15, 0.2) is 11.5 Å². The molecule has 102 valence electrons. The maximum absolute atomic E-state index is 5.59. The zero-order chi connectivity index (χ0) is 13.1. The predicted octanol–water partition coefficient (Wildman–Crippen LogP) is 2.22. The quantitative estimate of drug-likeness (QED) is 0.650. The van der Waals surface area contributed by atoms with Gasteiger partial charge in [-0.1, -0.05) is 12.1 Å². The van der Waals surface area contributed by atoms with Crippen molar-refractivity contribution in [2.45, 2.75) is 19.3 Å². The molecule has 0 aliphatic carbocycles. The Hall–Kier alpha value is -1.26. The number of para-hydroxylation sites is 2. The second-order valence-electron chi connectivity index (χ2n) is 3.96. The third kappa shape index (κ3) is 5.89. The van der Waals surface area contributed by atoms with Crippen molar-refractivity contribution in [1.82, 2.24) is 0 Å². The summed E-state index contributed by atoms with van der Waals surface area (Å²) in [5.74, 6) is 1.51. The highest BCUT2D eigenvalue weighted by molar-refractivity contribution is 5.39. The number of benzene rings is 1. The van der Waals surface area contributed by atoms with E-state index in [9.17, 15) is 0 Å². The minimum atomic E-state index is 0.539. The Kier molecular flexibility index (Phi) is 8.01. The molecule has 0 saturated carbocycles. The first-order valence-corrected chi connectivity index (χ1v) is 6.42.